The Morgan fingerprint density at radius 3 is 2.79 bits per heavy atom. The Bertz CT molecular complexity index is 526. The van der Waals surface area contributed by atoms with Crippen LogP contribution in [-0.4, -0.2) is 17.9 Å². The number of para-hydroxylation sites is 1. The van der Waals surface area contributed by atoms with Crippen LogP contribution in [0, 0.1) is 0 Å². The molecule has 102 valence electrons. The average Bonchev–Trinajstić information content (AvgIpc) is 2.86. The van der Waals surface area contributed by atoms with Gasteiger partial charge in [0.1, 0.15) is 11.3 Å². The van der Waals surface area contributed by atoms with Gasteiger partial charge >= 0.3 is 0 Å². The van der Waals surface area contributed by atoms with Crippen LogP contribution in [0.1, 0.15) is 44.9 Å². The minimum atomic E-state index is -0.0308. The van der Waals surface area contributed by atoms with Gasteiger partial charge in [-0.05, 0) is 25.5 Å². The highest BCUT2D eigenvalue weighted by atomic mass is 16.3. The van der Waals surface area contributed by atoms with E-state index in [9.17, 15) is 4.79 Å². The van der Waals surface area contributed by atoms with Gasteiger partial charge in [0.15, 0.2) is 0 Å². The van der Waals surface area contributed by atoms with Gasteiger partial charge in [0, 0.05) is 18.9 Å². The summed E-state index contributed by atoms with van der Waals surface area (Å²) in [7, 11) is 1.84. The van der Waals surface area contributed by atoms with E-state index in [0.29, 0.717) is 6.42 Å². The Balaban J connectivity index is 2.14. The Hall–Kier alpha value is -1.77. The molecular formula is C16H21NO2. The molecule has 0 saturated heterocycles. The molecule has 3 heteroatoms. The van der Waals surface area contributed by atoms with Gasteiger partial charge in [-0.3, -0.25) is 4.79 Å². The molecule has 1 amide bonds. The molecule has 0 saturated carbocycles. The molecule has 1 atom stereocenters. The second-order valence-electron chi connectivity index (χ2n) is 4.97. The van der Waals surface area contributed by atoms with Crippen LogP contribution < -0.4 is 0 Å². The minimum Gasteiger partial charge on any atom is -0.459 e. The number of furan rings is 1. The van der Waals surface area contributed by atoms with E-state index in [1.165, 1.54) is 0 Å². The molecular weight excluding hydrogens is 238 g/mol. The van der Waals surface area contributed by atoms with Gasteiger partial charge in [-0.15, -0.1) is 0 Å². The summed E-state index contributed by atoms with van der Waals surface area (Å²) in [6.07, 6.45) is 2.59. The Morgan fingerprint density at radius 2 is 2.11 bits per heavy atom. The zero-order chi connectivity index (χ0) is 13.8. The Kier molecular flexibility index (Phi) is 4.25. The third-order valence-corrected chi connectivity index (χ3v) is 3.57. The average molecular weight is 259 g/mol. The van der Waals surface area contributed by atoms with E-state index in [0.717, 1.165) is 29.6 Å². The number of carbonyl (C=O) groups is 1. The van der Waals surface area contributed by atoms with Crippen molar-refractivity contribution in [3.8, 4) is 0 Å². The SMILES string of the molecule is CCCCC(=O)N(C)C(C)c1cc2ccccc2o1. The second kappa shape index (κ2) is 5.91. The van der Waals surface area contributed by atoms with E-state index < -0.39 is 0 Å². The van der Waals surface area contributed by atoms with Crippen molar-refractivity contribution in [2.45, 2.75) is 39.2 Å². The third-order valence-electron chi connectivity index (χ3n) is 3.57. The topological polar surface area (TPSA) is 33.5 Å². The molecule has 0 radical (unpaired) electrons. The maximum atomic E-state index is 12.0. The number of hydrogen-bond acceptors (Lipinski definition) is 2. The van der Waals surface area contributed by atoms with Crippen molar-refractivity contribution in [2.75, 3.05) is 7.05 Å². The van der Waals surface area contributed by atoms with E-state index in [1.54, 1.807) is 4.90 Å². The summed E-state index contributed by atoms with van der Waals surface area (Å²) in [5.41, 5.74) is 0.874. The van der Waals surface area contributed by atoms with Crippen molar-refractivity contribution in [1.29, 1.82) is 0 Å². The summed E-state index contributed by atoms with van der Waals surface area (Å²) in [6, 6.07) is 9.90. The summed E-state index contributed by atoms with van der Waals surface area (Å²) in [6.45, 7) is 4.09. The van der Waals surface area contributed by atoms with Crippen molar-refractivity contribution in [3.63, 3.8) is 0 Å². The normalized spacial score (nSPS) is 12.6. The van der Waals surface area contributed by atoms with Crippen LogP contribution in [0.3, 0.4) is 0 Å². The molecule has 2 aromatic rings. The van der Waals surface area contributed by atoms with E-state index in [1.807, 2.05) is 44.3 Å². The molecule has 0 bridgehead atoms. The van der Waals surface area contributed by atoms with Crippen LogP contribution in [-0.2, 0) is 4.79 Å². The standard InChI is InChI=1S/C16H21NO2/c1-4-5-10-16(18)17(3)12(2)15-11-13-8-6-7-9-14(13)19-15/h6-9,11-12H,4-5,10H2,1-3H3. The van der Waals surface area contributed by atoms with Gasteiger partial charge in [-0.1, -0.05) is 31.5 Å². The molecule has 1 unspecified atom stereocenters. The zero-order valence-electron chi connectivity index (χ0n) is 11.8. The Morgan fingerprint density at radius 1 is 1.37 bits per heavy atom. The molecule has 0 fully saturated rings. The smallest absolute Gasteiger partial charge is 0.222 e. The molecule has 0 aliphatic rings. The molecule has 1 aromatic carbocycles. The fourth-order valence-corrected chi connectivity index (χ4v) is 2.12. The number of amides is 1. The maximum Gasteiger partial charge on any atom is 0.222 e. The van der Waals surface area contributed by atoms with Crippen molar-refractivity contribution in [2.24, 2.45) is 0 Å². The monoisotopic (exact) mass is 259 g/mol. The summed E-state index contributed by atoms with van der Waals surface area (Å²) in [5.74, 6) is 1.02. The van der Waals surface area contributed by atoms with Crippen LogP contribution in [0.15, 0.2) is 34.7 Å². The highest BCUT2D eigenvalue weighted by Crippen LogP contribution is 2.27. The molecule has 0 N–H and O–H groups in total. The van der Waals surface area contributed by atoms with Crippen LogP contribution in [0.25, 0.3) is 11.0 Å². The van der Waals surface area contributed by atoms with Gasteiger partial charge in [0.25, 0.3) is 0 Å². The molecule has 0 spiro atoms. The molecule has 1 aromatic heterocycles. The number of carbonyl (C=O) groups excluding carboxylic acids is 1. The van der Waals surface area contributed by atoms with Gasteiger partial charge < -0.3 is 9.32 Å². The number of nitrogens with zero attached hydrogens (tertiary/aromatic N) is 1. The lowest BCUT2D eigenvalue weighted by atomic mass is 10.1. The lowest BCUT2D eigenvalue weighted by molar-refractivity contribution is -0.132. The largest absolute Gasteiger partial charge is 0.459 e. The predicted molar refractivity (Wildman–Crippen MR) is 76.9 cm³/mol. The van der Waals surface area contributed by atoms with Crippen LogP contribution in [0.4, 0.5) is 0 Å². The summed E-state index contributed by atoms with van der Waals surface area (Å²) < 4.78 is 5.81. The first-order chi connectivity index (χ1) is 9.13. The summed E-state index contributed by atoms with van der Waals surface area (Å²) in [4.78, 5) is 13.8. The second-order valence-corrected chi connectivity index (χ2v) is 4.97. The first kappa shape index (κ1) is 13.7. The lowest BCUT2D eigenvalue weighted by Crippen LogP contribution is -2.29. The van der Waals surface area contributed by atoms with Crippen molar-refractivity contribution in [1.82, 2.24) is 4.90 Å². The number of unbranched alkanes of at least 4 members (excludes halogenated alkanes) is 1. The molecule has 0 aliphatic carbocycles. The van der Waals surface area contributed by atoms with Crippen molar-refractivity contribution >= 4 is 16.9 Å². The minimum absolute atomic E-state index is 0.0308. The highest BCUT2D eigenvalue weighted by molar-refractivity contribution is 5.79. The van der Waals surface area contributed by atoms with E-state index in [-0.39, 0.29) is 11.9 Å². The van der Waals surface area contributed by atoms with Gasteiger partial charge in [0.05, 0.1) is 6.04 Å². The van der Waals surface area contributed by atoms with Crippen molar-refractivity contribution in [3.05, 3.63) is 36.1 Å². The molecule has 2 rings (SSSR count). The Labute approximate surface area is 114 Å². The molecule has 19 heavy (non-hydrogen) atoms. The van der Waals surface area contributed by atoms with Gasteiger partial charge in [-0.25, -0.2) is 0 Å². The summed E-state index contributed by atoms with van der Waals surface area (Å²) >= 11 is 0. The van der Waals surface area contributed by atoms with E-state index in [4.69, 9.17) is 4.42 Å². The fourth-order valence-electron chi connectivity index (χ4n) is 2.12. The zero-order valence-corrected chi connectivity index (χ0v) is 11.8. The number of benzene rings is 1. The van der Waals surface area contributed by atoms with Gasteiger partial charge in [0.2, 0.25) is 5.91 Å². The first-order valence-corrected chi connectivity index (χ1v) is 6.87. The molecule has 1 heterocycles. The van der Waals surface area contributed by atoms with Crippen LogP contribution in [0.5, 0.6) is 0 Å². The van der Waals surface area contributed by atoms with E-state index >= 15 is 0 Å². The predicted octanol–water partition coefficient (Wildman–Crippen LogP) is 4.14. The summed E-state index contributed by atoms with van der Waals surface area (Å²) in [5, 5.41) is 1.08. The quantitative estimate of drug-likeness (QED) is 0.808. The van der Waals surface area contributed by atoms with Crippen LogP contribution >= 0.6 is 0 Å². The van der Waals surface area contributed by atoms with Gasteiger partial charge in [-0.2, -0.15) is 0 Å². The third kappa shape index (κ3) is 2.98. The first-order valence-electron chi connectivity index (χ1n) is 6.87. The number of fused-ring (bicyclic) bond motifs is 1. The van der Waals surface area contributed by atoms with Crippen LogP contribution in [0.2, 0.25) is 0 Å². The number of hydrogen-bond donors (Lipinski definition) is 0. The highest BCUT2D eigenvalue weighted by Gasteiger charge is 2.20. The number of rotatable bonds is 5. The van der Waals surface area contributed by atoms with Crippen molar-refractivity contribution < 1.29 is 9.21 Å². The fraction of sp³-hybridized carbons (Fsp3) is 0.438. The molecule has 0 aliphatic heterocycles. The molecule has 3 nitrogen and oxygen atoms in total. The maximum absolute atomic E-state index is 12.0. The van der Waals surface area contributed by atoms with E-state index in [2.05, 4.69) is 6.92 Å². The lowest BCUT2D eigenvalue weighted by Gasteiger charge is -2.23.